The molecule has 2 aromatic carbocycles. The van der Waals surface area contributed by atoms with E-state index in [0.29, 0.717) is 23.2 Å². The lowest BCUT2D eigenvalue weighted by atomic mass is 10.1. The number of nitrogens with zero attached hydrogens (tertiary/aromatic N) is 1. The molecule has 0 spiro atoms. The van der Waals surface area contributed by atoms with Crippen LogP contribution in [0, 0.1) is 0 Å². The second kappa shape index (κ2) is 5.58. The quantitative estimate of drug-likeness (QED) is 0.796. The number of benzene rings is 2. The zero-order valence-electron chi connectivity index (χ0n) is 12.7. The first kappa shape index (κ1) is 15.4. The van der Waals surface area contributed by atoms with E-state index in [9.17, 15) is 13.2 Å². The Bertz CT molecular complexity index is 1030. The summed E-state index contributed by atoms with van der Waals surface area (Å²) < 4.78 is 34.1. The number of nitrogens with one attached hydrogen (secondary N) is 1. The number of rotatable bonds is 4. The van der Waals surface area contributed by atoms with Gasteiger partial charge in [0.2, 0.25) is 0 Å². The molecule has 0 radical (unpaired) electrons. The van der Waals surface area contributed by atoms with E-state index in [2.05, 4.69) is 4.72 Å². The summed E-state index contributed by atoms with van der Waals surface area (Å²) in [6.07, 6.45) is 0.716. The predicted molar refractivity (Wildman–Crippen MR) is 88.1 cm³/mol. The van der Waals surface area contributed by atoms with Gasteiger partial charge in [-0.3, -0.25) is 9.29 Å². The van der Waals surface area contributed by atoms with Gasteiger partial charge in [-0.2, -0.15) is 0 Å². The molecule has 0 saturated heterocycles. The van der Waals surface area contributed by atoms with Gasteiger partial charge in [0.1, 0.15) is 0 Å². The summed E-state index contributed by atoms with van der Waals surface area (Å²) in [5, 5.41) is 0. The van der Waals surface area contributed by atoms with Gasteiger partial charge in [-0.05, 0) is 36.2 Å². The fourth-order valence-electron chi connectivity index (χ4n) is 2.41. The van der Waals surface area contributed by atoms with Crippen LogP contribution in [0.4, 0.5) is 5.69 Å². The number of para-hydroxylation sites is 1. The Balaban J connectivity index is 2.06. The molecule has 0 aliphatic heterocycles. The molecule has 6 nitrogen and oxygen atoms in total. The Hall–Kier alpha value is -2.54. The standard InChI is InChI=1S/C16H16N2O4S/c1-3-11-6-4-5-7-13(11)17-23(20,21)12-8-9-15-14(10-12)18(2)16(19)22-15/h4-10,17H,3H2,1-2H3. The molecule has 0 unspecified atom stereocenters. The number of sulfonamides is 1. The average Bonchev–Trinajstić information content (AvgIpc) is 2.82. The number of hydrogen-bond acceptors (Lipinski definition) is 4. The van der Waals surface area contributed by atoms with Crippen LogP contribution in [0.3, 0.4) is 0 Å². The summed E-state index contributed by atoms with van der Waals surface area (Å²) in [5.74, 6) is -0.529. The minimum absolute atomic E-state index is 0.0762. The first-order valence-electron chi connectivity index (χ1n) is 7.12. The molecule has 1 N–H and O–H groups in total. The van der Waals surface area contributed by atoms with Crippen molar-refractivity contribution in [1.29, 1.82) is 0 Å². The van der Waals surface area contributed by atoms with Crippen molar-refractivity contribution in [3.05, 3.63) is 58.6 Å². The van der Waals surface area contributed by atoms with Crippen LogP contribution < -0.4 is 10.5 Å². The van der Waals surface area contributed by atoms with E-state index in [1.807, 2.05) is 19.1 Å². The number of hydrogen-bond donors (Lipinski definition) is 1. The van der Waals surface area contributed by atoms with Gasteiger partial charge in [-0.15, -0.1) is 0 Å². The zero-order chi connectivity index (χ0) is 16.6. The van der Waals surface area contributed by atoms with Crippen molar-refractivity contribution in [2.24, 2.45) is 7.05 Å². The monoisotopic (exact) mass is 332 g/mol. The smallest absolute Gasteiger partial charge is 0.408 e. The Kier molecular flexibility index (Phi) is 3.73. The van der Waals surface area contributed by atoms with Gasteiger partial charge in [-0.25, -0.2) is 13.2 Å². The van der Waals surface area contributed by atoms with Crippen LogP contribution in [0.2, 0.25) is 0 Å². The molecule has 7 heteroatoms. The molecule has 0 saturated carbocycles. The summed E-state index contributed by atoms with van der Waals surface area (Å²) >= 11 is 0. The van der Waals surface area contributed by atoms with E-state index in [1.54, 1.807) is 12.1 Å². The van der Waals surface area contributed by atoms with E-state index < -0.39 is 15.8 Å². The van der Waals surface area contributed by atoms with E-state index >= 15 is 0 Å². The molecule has 0 bridgehead atoms. The molecule has 0 fully saturated rings. The highest BCUT2D eigenvalue weighted by molar-refractivity contribution is 7.92. The molecule has 0 amide bonds. The number of aromatic nitrogens is 1. The van der Waals surface area contributed by atoms with Gasteiger partial charge < -0.3 is 4.42 Å². The lowest BCUT2D eigenvalue weighted by molar-refractivity contribution is 0.528. The highest BCUT2D eigenvalue weighted by Gasteiger charge is 2.18. The van der Waals surface area contributed by atoms with Gasteiger partial charge in [0.05, 0.1) is 16.1 Å². The molecule has 1 aromatic heterocycles. The zero-order valence-corrected chi connectivity index (χ0v) is 13.6. The van der Waals surface area contributed by atoms with Crippen molar-refractivity contribution in [2.75, 3.05) is 4.72 Å². The first-order valence-corrected chi connectivity index (χ1v) is 8.61. The molecular formula is C16H16N2O4S. The molecule has 23 heavy (non-hydrogen) atoms. The third-order valence-corrected chi connectivity index (χ3v) is 5.08. The predicted octanol–water partition coefficient (Wildman–Crippen LogP) is 2.49. The summed E-state index contributed by atoms with van der Waals surface area (Å²) in [4.78, 5) is 11.6. The second-order valence-corrected chi connectivity index (χ2v) is 6.86. The number of fused-ring (bicyclic) bond motifs is 1. The molecule has 120 valence electrons. The third-order valence-electron chi connectivity index (χ3n) is 3.72. The number of oxazole rings is 1. The van der Waals surface area contributed by atoms with Crippen LogP contribution in [0.1, 0.15) is 12.5 Å². The lowest BCUT2D eigenvalue weighted by Crippen LogP contribution is -2.14. The van der Waals surface area contributed by atoms with Crippen LogP contribution in [0.15, 0.2) is 56.6 Å². The molecule has 3 aromatic rings. The van der Waals surface area contributed by atoms with E-state index in [0.717, 1.165) is 5.56 Å². The minimum atomic E-state index is -3.75. The van der Waals surface area contributed by atoms with Crippen molar-refractivity contribution < 1.29 is 12.8 Å². The Labute approximate surface area is 133 Å². The van der Waals surface area contributed by atoms with Crippen LogP contribution in [-0.4, -0.2) is 13.0 Å². The molecular weight excluding hydrogens is 316 g/mol. The normalized spacial score (nSPS) is 11.7. The highest BCUT2D eigenvalue weighted by atomic mass is 32.2. The maximum absolute atomic E-state index is 12.6. The average molecular weight is 332 g/mol. The van der Waals surface area contributed by atoms with Crippen molar-refractivity contribution >= 4 is 26.8 Å². The molecule has 0 aliphatic rings. The fraction of sp³-hybridized carbons (Fsp3) is 0.188. The van der Waals surface area contributed by atoms with Gasteiger partial charge >= 0.3 is 5.76 Å². The summed E-state index contributed by atoms with van der Waals surface area (Å²) in [5.41, 5.74) is 2.25. The number of aryl methyl sites for hydroxylation is 2. The van der Waals surface area contributed by atoms with E-state index in [4.69, 9.17) is 4.42 Å². The Morgan fingerprint density at radius 1 is 1.17 bits per heavy atom. The highest BCUT2D eigenvalue weighted by Crippen LogP contribution is 2.23. The van der Waals surface area contributed by atoms with Gasteiger partial charge in [-0.1, -0.05) is 25.1 Å². The van der Waals surface area contributed by atoms with Gasteiger partial charge in [0.15, 0.2) is 5.58 Å². The summed E-state index contributed by atoms with van der Waals surface area (Å²) in [6, 6.07) is 11.6. The van der Waals surface area contributed by atoms with Crippen molar-refractivity contribution in [1.82, 2.24) is 4.57 Å². The molecule has 1 heterocycles. The molecule has 0 aliphatic carbocycles. The van der Waals surface area contributed by atoms with Crippen molar-refractivity contribution in [2.45, 2.75) is 18.2 Å². The van der Waals surface area contributed by atoms with Crippen LogP contribution in [0.5, 0.6) is 0 Å². The Morgan fingerprint density at radius 2 is 1.91 bits per heavy atom. The van der Waals surface area contributed by atoms with Crippen molar-refractivity contribution in [3.63, 3.8) is 0 Å². The Morgan fingerprint density at radius 3 is 2.65 bits per heavy atom. The second-order valence-electron chi connectivity index (χ2n) is 5.17. The first-order chi connectivity index (χ1) is 10.9. The minimum Gasteiger partial charge on any atom is -0.408 e. The fourth-order valence-corrected chi connectivity index (χ4v) is 3.53. The van der Waals surface area contributed by atoms with Crippen molar-refractivity contribution in [3.8, 4) is 0 Å². The van der Waals surface area contributed by atoms with E-state index in [1.165, 1.54) is 29.8 Å². The van der Waals surface area contributed by atoms with Crippen LogP contribution >= 0.6 is 0 Å². The SMILES string of the molecule is CCc1ccccc1NS(=O)(=O)c1ccc2oc(=O)n(C)c2c1. The lowest BCUT2D eigenvalue weighted by Gasteiger charge is -2.11. The van der Waals surface area contributed by atoms with Crippen LogP contribution in [0.25, 0.3) is 11.1 Å². The number of anilines is 1. The summed E-state index contributed by atoms with van der Waals surface area (Å²) in [6.45, 7) is 1.96. The van der Waals surface area contributed by atoms with Gasteiger partial charge in [0, 0.05) is 7.05 Å². The summed E-state index contributed by atoms with van der Waals surface area (Å²) in [7, 11) is -2.22. The largest absolute Gasteiger partial charge is 0.419 e. The van der Waals surface area contributed by atoms with Crippen LogP contribution in [-0.2, 0) is 23.5 Å². The van der Waals surface area contributed by atoms with E-state index in [-0.39, 0.29) is 4.90 Å². The molecule has 0 atom stereocenters. The maximum atomic E-state index is 12.6. The van der Waals surface area contributed by atoms with Gasteiger partial charge in [0.25, 0.3) is 10.0 Å². The maximum Gasteiger partial charge on any atom is 0.419 e. The third kappa shape index (κ3) is 2.75. The molecule has 3 rings (SSSR count). The topological polar surface area (TPSA) is 81.3 Å².